The van der Waals surface area contributed by atoms with E-state index in [2.05, 4.69) is 15.5 Å². The van der Waals surface area contributed by atoms with Crippen LogP contribution in [0.3, 0.4) is 0 Å². The standard InChI is InChI=1S/C13H17N5O3/c1-8-6-9(2)18(16-8)5-4-14-12(19)11-10(13(20)21)7-15-17(11)3/h6-7H,4-5H2,1-3H3,(H,14,19)(H,20,21). The third-order valence-corrected chi connectivity index (χ3v) is 3.10. The summed E-state index contributed by atoms with van der Waals surface area (Å²) in [5, 5.41) is 19.8. The molecule has 0 saturated carbocycles. The number of aromatic carboxylic acids is 1. The first kappa shape index (κ1) is 14.8. The second kappa shape index (κ2) is 5.78. The van der Waals surface area contributed by atoms with E-state index >= 15 is 0 Å². The second-order valence-corrected chi connectivity index (χ2v) is 4.74. The van der Waals surface area contributed by atoms with Crippen molar-refractivity contribution in [2.75, 3.05) is 6.54 Å². The molecule has 0 aliphatic carbocycles. The van der Waals surface area contributed by atoms with E-state index in [4.69, 9.17) is 5.11 Å². The SMILES string of the molecule is Cc1cc(C)n(CCNC(=O)c2c(C(=O)O)cnn2C)n1. The van der Waals surface area contributed by atoms with E-state index in [0.717, 1.165) is 17.6 Å². The van der Waals surface area contributed by atoms with Crippen molar-refractivity contribution >= 4 is 11.9 Å². The van der Waals surface area contributed by atoms with Crippen molar-refractivity contribution < 1.29 is 14.7 Å². The molecule has 0 atom stereocenters. The Bertz CT molecular complexity index is 686. The van der Waals surface area contributed by atoms with E-state index in [9.17, 15) is 9.59 Å². The summed E-state index contributed by atoms with van der Waals surface area (Å²) in [6.07, 6.45) is 1.16. The number of carbonyl (C=O) groups excluding carboxylic acids is 1. The molecule has 2 N–H and O–H groups in total. The van der Waals surface area contributed by atoms with E-state index in [0.29, 0.717) is 13.1 Å². The Balaban J connectivity index is 2.01. The summed E-state index contributed by atoms with van der Waals surface area (Å²) >= 11 is 0. The van der Waals surface area contributed by atoms with Gasteiger partial charge in [-0.3, -0.25) is 14.2 Å². The number of carboxylic acids is 1. The zero-order chi connectivity index (χ0) is 15.6. The third-order valence-electron chi connectivity index (χ3n) is 3.10. The van der Waals surface area contributed by atoms with Crippen LogP contribution in [0.25, 0.3) is 0 Å². The molecule has 2 heterocycles. The smallest absolute Gasteiger partial charge is 0.339 e. The number of carboxylic acid groups (broad SMARTS) is 1. The number of nitrogens with one attached hydrogen (secondary N) is 1. The zero-order valence-corrected chi connectivity index (χ0v) is 12.1. The van der Waals surface area contributed by atoms with E-state index < -0.39 is 11.9 Å². The Morgan fingerprint density at radius 3 is 2.67 bits per heavy atom. The number of nitrogens with zero attached hydrogens (tertiary/aromatic N) is 4. The third kappa shape index (κ3) is 3.10. The monoisotopic (exact) mass is 291 g/mol. The molecule has 0 unspecified atom stereocenters. The molecular weight excluding hydrogens is 274 g/mol. The maximum Gasteiger partial charge on any atom is 0.339 e. The van der Waals surface area contributed by atoms with Crippen LogP contribution in [0.4, 0.5) is 0 Å². The van der Waals surface area contributed by atoms with Crippen LogP contribution in [0.2, 0.25) is 0 Å². The molecule has 0 aromatic carbocycles. The van der Waals surface area contributed by atoms with Crippen LogP contribution in [0.5, 0.6) is 0 Å². The molecule has 2 aromatic rings. The van der Waals surface area contributed by atoms with Gasteiger partial charge in [0.1, 0.15) is 11.3 Å². The number of aryl methyl sites for hydroxylation is 3. The largest absolute Gasteiger partial charge is 0.478 e. The Labute approximate surface area is 121 Å². The lowest BCUT2D eigenvalue weighted by Gasteiger charge is -2.08. The highest BCUT2D eigenvalue weighted by Crippen LogP contribution is 2.07. The van der Waals surface area contributed by atoms with Crippen LogP contribution >= 0.6 is 0 Å². The summed E-state index contributed by atoms with van der Waals surface area (Å²) in [7, 11) is 1.53. The Kier molecular flexibility index (Phi) is 4.06. The van der Waals surface area contributed by atoms with Gasteiger partial charge in [0.05, 0.1) is 18.4 Å². The molecule has 0 spiro atoms. The van der Waals surface area contributed by atoms with Crippen molar-refractivity contribution in [3.05, 3.63) is 34.9 Å². The molecule has 1 amide bonds. The lowest BCUT2D eigenvalue weighted by atomic mass is 10.2. The van der Waals surface area contributed by atoms with Gasteiger partial charge in [0.25, 0.3) is 5.91 Å². The molecule has 0 aliphatic heterocycles. The van der Waals surface area contributed by atoms with Gasteiger partial charge in [-0.15, -0.1) is 0 Å². The second-order valence-electron chi connectivity index (χ2n) is 4.74. The summed E-state index contributed by atoms with van der Waals surface area (Å²) in [5.41, 5.74) is 1.85. The zero-order valence-electron chi connectivity index (χ0n) is 12.1. The van der Waals surface area contributed by atoms with Gasteiger partial charge in [0, 0.05) is 19.3 Å². The van der Waals surface area contributed by atoms with Gasteiger partial charge in [-0.2, -0.15) is 10.2 Å². The van der Waals surface area contributed by atoms with Crippen molar-refractivity contribution in [2.45, 2.75) is 20.4 Å². The predicted octanol–water partition coefficient (Wildman–Crippen LogP) is 0.362. The fourth-order valence-corrected chi connectivity index (χ4v) is 2.12. The van der Waals surface area contributed by atoms with Crippen LogP contribution < -0.4 is 5.32 Å². The molecule has 0 radical (unpaired) electrons. The van der Waals surface area contributed by atoms with Crippen molar-refractivity contribution in [1.29, 1.82) is 0 Å². The number of aromatic nitrogens is 4. The molecule has 112 valence electrons. The maximum atomic E-state index is 12.1. The van der Waals surface area contributed by atoms with Crippen LogP contribution in [0.15, 0.2) is 12.3 Å². The quantitative estimate of drug-likeness (QED) is 0.828. The maximum absolute atomic E-state index is 12.1. The van der Waals surface area contributed by atoms with E-state index in [1.165, 1.54) is 11.7 Å². The summed E-state index contributed by atoms with van der Waals surface area (Å²) in [6, 6.07) is 1.95. The molecule has 0 aliphatic rings. The molecule has 0 fully saturated rings. The van der Waals surface area contributed by atoms with Crippen LogP contribution in [0.1, 0.15) is 32.2 Å². The van der Waals surface area contributed by atoms with Crippen LogP contribution in [-0.2, 0) is 13.6 Å². The van der Waals surface area contributed by atoms with Crippen LogP contribution in [-0.4, -0.2) is 43.1 Å². The number of hydrogen-bond acceptors (Lipinski definition) is 4. The van der Waals surface area contributed by atoms with Gasteiger partial charge in [-0.05, 0) is 19.9 Å². The number of amides is 1. The Morgan fingerprint density at radius 2 is 2.10 bits per heavy atom. The molecule has 0 saturated heterocycles. The average Bonchev–Trinajstić information content (AvgIpc) is 2.92. The first-order chi connectivity index (χ1) is 9.90. The van der Waals surface area contributed by atoms with Gasteiger partial charge < -0.3 is 10.4 Å². The normalized spacial score (nSPS) is 10.6. The lowest BCUT2D eigenvalue weighted by Crippen LogP contribution is -2.30. The molecule has 2 aromatic heterocycles. The molecule has 21 heavy (non-hydrogen) atoms. The minimum absolute atomic E-state index is 0.0378. The Hall–Kier alpha value is -2.64. The summed E-state index contributed by atoms with van der Waals surface area (Å²) < 4.78 is 3.04. The first-order valence-electron chi connectivity index (χ1n) is 6.44. The minimum atomic E-state index is -1.17. The first-order valence-corrected chi connectivity index (χ1v) is 6.44. The molecular formula is C13H17N5O3. The van der Waals surface area contributed by atoms with Crippen molar-refractivity contribution in [2.24, 2.45) is 7.05 Å². The van der Waals surface area contributed by atoms with E-state index in [1.54, 1.807) is 4.68 Å². The Morgan fingerprint density at radius 1 is 1.38 bits per heavy atom. The highest BCUT2D eigenvalue weighted by molar-refractivity contribution is 6.03. The molecule has 2 rings (SSSR count). The summed E-state index contributed by atoms with van der Waals surface area (Å²) in [5.74, 6) is -1.64. The van der Waals surface area contributed by atoms with Crippen molar-refractivity contribution in [3.8, 4) is 0 Å². The number of rotatable bonds is 5. The van der Waals surface area contributed by atoms with E-state index in [1.807, 2.05) is 19.9 Å². The summed E-state index contributed by atoms with van der Waals surface area (Å²) in [4.78, 5) is 23.1. The lowest BCUT2D eigenvalue weighted by molar-refractivity contribution is 0.0690. The summed E-state index contributed by atoms with van der Waals surface area (Å²) in [6.45, 7) is 4.71. The highest BCUT2D eigenvalue weighted by atomic mass is 16.4. The number of carbonyl (C=O) groups is 2. The van der Waals surface area contributed by atoms with Gasteiger partial charge in [-0.25, -0.2) is 4.79 Å². The minimum Gasteiger partial charge on any atom is -0.478 e. The van der Waals surface area contributed by atoms with Gasteiger partial charge in [0.15, 0.2) is 0 Å². The van der Waals surface area contributed by atoms with Crippen molar-refractivity contribution in [3.63, 3.8) is 0 Å². The van der Waals surface area contributed by atoms with E-state index in [-0.39, 0.29) is 11.3 Å². The van der Waals surface area contributed by atoms with Gasteiger partial charge in [-0.1, -0.05) is 0 Å². The molecule has 8 heteroatoms. The average molecular weight is 291 g/mol. The molecule has 8 nitrogen and oxygen atoms in total. The highest BCUT2D eigenvalue weighted by Gasteiger charge is 2.21. The topological polar surface area (TPSA) is 102 Å². The number of hydrogen-bond donors (Lipinski definition) is 2. The van der Waals surface area contributed by atoms with Gasteiger partial charge in [0.2, 0.25) is 0 Å². The van der Waals surface area contributed by atoms with Crippen LogP contribution in [0, 0.1) is 13.8 Å². The fourth-order valence-electron chi connectivity index (χ4n) is 2.12. The van der Waals surface area contributed by atoms with Gasteiger partial charge >= 0.3 is 5.97 Å². The predicted molar refractivity (Wildman–Crippen MR) is 74.2 cm³/mol. The van der Waals surface area contributed by atoms with Crippen molar-refractivity contribution in [1.82, 2.24) is 24.9 Å². The fraction of sp³-hybridized carbons (Fsp3) is 0.385. The molecule has 0 bridgehead atoms.